The molecule has 0 spiro atoms. The number of benzene rings is 1. The van der Waals surface area contributed by atoms with E-state index < -0.39 is 5.97 Å². The summed E-state index contributed by atoms with van der Waals surface area (Å²) in [6.07, 6.45) is 1.51. The first-order chi connectivity index (χ1) is 9.60. The number of carboxylic acids is 1. The Labute approximate surface area is 123 Å². The lowest BCUT2D eigenvalue weighted by Crippen LogP contribution is -2.03. The fourth-order valence-corrected chi connectivity index (χ4v) is 1.94. The molecule has 0 bridgehead atoms. The number of nitrogens with zero attached hydrogens (tertiary/aromatic N) is 2. The van der Waals surface area contributed by atoms with E-state index >= 15 is 0 Å². The zero-order valence-corrected chi connectivity index (χ0v) is 11.8. The fraction of sp³-hybridized carbons (Fsp3) is 0.0714. The SMILES string of the molecule is N#Cc1cc(COc2ccc(Br)cc2C(=O)O)ccn1. The van der Waals surface area contributed by atoms with Crippen molar-refractivity contribution >= 4 is 21.9 Å². The highest BCUT2D eigenvalue weighted by Gasteiger charge is 2.12. The summed E-state index contributed by atoms with van der Waals surface area (Å²) in [5, 5.41) is 17.9. The number of nitriles is 1. The second-order valence-electron chi connectivity index (χ2n) is 3.90. The second-order valence-corrected chi connectivity index (χ2v) is 4.81. The molecule has 1 aromatic carbocycles. The van der Waals surface area contributed by atoms with Gasteiger partial charge in [-0.3, -0.25) is 0 Å². The van der Waals surface area contributed by atoms with Gasteiger partial charge < -0.3 is 9.84 Å². The van der Waals surface area contributed by atoms with Crippen LogP contribution in [0.15, 0.2) is 41.0 Å². The van der Waals surface area contributed by atoms with Crippen LogP contribution in [0.25, 0.3) is 0 Å². The van der Waals surface area contributed by atoms with Crippen LogP contribution in [0, 0.1) is 11.3 Å². The van der Waals surface area contributed by atoms with Crippen LogP contribution >= 0.6 is 15.9 Å². The lowest BCUT2D eigenvalue weighted by atomic mass is 10.2. The van der Waals surface area contributed by atoms with E-state index in [2.05, 4.69) is 20.9 Å². The number of carbonyl (C=O) groups is 1. The van der Waals surface area contributed by atoms with E-state index in [9.17, 15) is 4.79 Å². The monoisotopic (exact) mass is 332 g/mol. The molecule has 0 saturated carbocycles. The largest absolute Gasteiger partial charge is 0.488 e. The molecular formula is C14H9BrN2O3. The van der Waals surface area contributed by atoms with Crippen molar-refractivity contribution in [2.24, 2.45) is 0 Å². The number of hydrogen-bond donors (Lipinski definition) is 1. The number of aromatic carboxylic acids is 1. The maximum Gasteiger partial charge on any atom is 0.339 e. The summed E-state index contributed by atoms with van der Waals surface area (Å²) in [6, 6.07) is 10.0. The average Bonchev–Trinajstić information content (AvgIpc) is 2.46. The molecule has 5 nitrogen and oxygen atoms in total. The van der Waals surface area contributed by atoms with E-state index in [1.54, 1.807) is 24.3 Å². The molecule has 0 aliphatic rings. The van der Waals surface area contributed by atoms with Gasteiger partial charge in [-0.15, -0.1) is 0 Å². The van der Waals surface area contributed by atoms with Crippen LogP contribution in [-0.2, 0) is 6.61 Å². The first-order valence-corrected chi connectivity index (χ1v) is 6.40. The van der Waals surface area contributed by atoms with E-state index in [0.717, 1.165) is 5.56 Å². The van der Waals surface area contributed by atoms with E-state index in [1.807, 2.05) is 6.07 Å². The molecule has 20 heavy (non-hydrogen) atoms. The van der Waals surface area contributed by atoms with Crippen molar-refractivity contribution in [2.75, 3.05) is 0 Å². The molecule has 0 unspecified atom stereocenters. The van der Waals surface area contributed by atoms with Gasteiger partial charge in [0, 0.05) is 10.7 Å². The van der Waals surface area contributed by atoms with Crippen LogP contribution in [0.4, 0.5) is 0 Å². The smallest absolute Gasteiger partial charge is 0.339 e. The molecule has 0 radical (unpaired) electrons. The van der Waals surface area contributed by atoms with E-state index in [-0.39, 0.29) is 17.9 Å². The molecule has 100 valence electrons. The van der Waals surface area contributed by atoms with Crippen molar-refractivity contribution < 1.29 is 14.6 Å². The highest BCUT2D eigenvalue weighted by atomic mass is 79.9. The standard InChI is InChI=1S/C14H9BrN2O3/c15-10-1-2-13(12(6-10)14(18)19)20-8-9-3-4-17-11(5-9)7-16/h1-6H,8H2,(H,18,19). The lowest BCUT2D eigenvalue weighted by molar-refractivity contribution is 0.0691. The summed E-state index contributed by atoms with van der Waals surface area (Å²) in [7, 11) is 0. The molecular weight excluding hydrogens is 324 g/mol. The van der Waals surface area contributed by atoms with Gasteiger partial charge in [-0.05, 0) is 35.9 Å². The van der Waals surface area contributed by atoms with Crippen LogP contribution in [0.1, 0.15) is 21.6 Å². The Morgan fingerprint density at radius 2 is 2.20 bits per heavy atom. The molecule has 0 amide bonds. The molecule has 0 aliphatic heterocycles. The molecule has 2 aromatic rings. The molecule has 0 atom stereocenters. The first-order valence-electron chi connectivity index (χ1n) is 5.61. The van der Waals surface area contributed by atoms with Crippen LogP contribution in [-0.4, -0.2) is 16.1 Å². The van der Waals surface area contributed by atoms with Crippen LogP contribution in [0.2, 0.25) is 0 Å². The van der Waals surface area contributed by atoms with Gasteiger partial charge in [0.05, 0.1) is 0 Å². The van der Waals surface area contributed by atoms with Crippen molar-refractivity contribution in [1.29, 1.82) is 5.26 Å². The summed E-state index contributed by atoms with van der Waals surface area (Å²) in [4.78, 5) is 15.0. The Balaban J connectivity index is 2.19. The van der Waals surface area contributed by atoms with Gasteiger partial charge in [0.2, 0.25) is 0 Å². The van der Waals surface area contributed by atoms with Crippen LogP contribution < -0.4 is 4.74 Å². The minimum atomic E-state index is -1.06. The van der Waals surface area contributed by atoms with Gasteiger partial charge in [0.15, 0.2) is 0 Å². The summed E-state index contributed by atoms with van der Waals surface area (Å²) >= 11 is 3.22. The van der Waals surface area contributed by atoms with Crippen molar-refractivity contribution in [1.82, 2.24) is 4.98 Å². The summed E-state index contributed by atoms with van der Waals surface area (Å²) in [6.45, 7) is 0.166. The molecule has 0 fully saturated rings. The molecule has 1 heterocycles. The quantitative estimate of drug-likeness (QED) is 0.930. The number of rotatable bonds is 4. The first kappa shape index (κ1) is 14.0. The number of pyridine rings is 1. The highest BCUT2D eigenvalue weighted by Crippen LogP contribution is 2.24. The normalized spacial score (nSPS) is 9.80. The number of ether oxygens (including phenoxy) is 1. The third kappa shape index (κ3) is 3.33. The third-order valence-electron chi connectivity index (χ3n) is 2.51. The highest BCUT2D eigenvalue weighted by molar-refractivity contribution is 9.10. The van der Waals surface area contributed by atoms with Gasteiger partial charge >= 0.3 is 5.97 Å². The molecule has 0 aliphatic carbocycles. The maximum atomic E-state index is 11.1. The van der Waals surface area contributed by atoms with Gasteiger partial charge in [0.25, 0.3) is 0 Å². The number of aromatic nitrogens is 1. The van der Waals surface area contributed by atoms with E-state index in [1.165, 1.54) is 12.3 Å². The van der Waals surface area contributed by atoms with Crippen molar-refractivity contribution in [2.45, 2.75) is 6.61 Å². The average molecular weight is 333 g/mol. The van der Waals surface area contributed by atoms with Crippen molar-refractivity contribution in [3.8, 4) is 11.8 Å². The predicted octanol–water partition coefficient (Wildman–Crippen LogP) is 2.99. The van der Waals surface area contributed by atoms with Gasteiger partial charge in [-0.25, -0.2) is 9.78 Å². The molecule has 1 aromatic heterocycles. The topological polar surface area (TPSA) is 83.2 Å². The van der Waals surface area contributed by atoms with Crippen molar-refractivity contribution in [3.05, 3.63) is 57.8 Å². The predicted molar refractivity (Wildman–Crippen MR) is 74.4 cm³/mol. The van der Waals surface area contributed by atoms with Crippen LogP contribution in [0.5, 0.6) is 5.75 Å². The summed E-state index contributed by atoms with van der Waals surface area (Å²) in [5.74, 6) is -0.787. The molecule has 2 rings (SSSR count). The number of carboxylic acid groups (broad SMARTS) is 1. The van der Waals surface area contributed by atoms with E-state index in [4.69, 9.17) is 15.1 Å². The van der Waals surface area contributed by atoms with Gasteiger partial charge in [0.1, 0.15) is 29.7 Å². The van der Waals surface area contributed by atoms with Gasteiger partial charge in [-0.2, -0.15) is 5.26 Å². The number of hydrogen-bond acceptors (Lipinski definition) is 4. The molecule has 6 heteroatoms. The Bertz CT molecular complexity index is 695. The number of halogens is 1. The minimum absolute atomic E-state index is 0.0777. The maximum absolute atomic E-state index is 11.1. The second kappa shape index (κ2) is 6.17. The Morgan fingerprint density at radius 3 is 2.90 bits per heavy atom. The van der Waals surface area contributed by atoms with E-state index in [0.29, 0.717) is 10.2 Å². The Hall–Kier alpha value is -2.39. The zero-order valence-electron chi connectivity index (χ0n) is 10.2. The van der Waals surface area contributed by atoms with Crippen LogP contribution in [0.3, 0.4) is 0 Å². The Kier molecular flexibility index (Phi) is 4.33. The third-order valence-corrected chi connectivity index (χ3v) is 3.00. The fourth-order valence-electron chi connectivity index (χ4n) is 1.58. The van der Waals surface area contributed by atoms with Crippen molar-refractivity contribution in [3.63, 3.8) is 0 Å². The minimum Gasteiger partial charge on any atom is -0.488 e. The zero-order chi connectivity index (χ0) is 14.5. The summed E-state index contributed by atoms with van der Waals surface area (Å²) in [5.41, 5.74) is 1.12. The molecule has 0 saturated heterocycles. The lowest BCUT2D eigenvalue weighted by Gasteiger charge is -2.09. The summed E-state index contributed by atoms with van der Waals surface area (Å²) < 4.78 is 6.16. The van der Waals surface area contributed by atoms with Gasteiger partial charge in [-0.1, -0.05) is 15.9 Å². The molecule has 1 N–H and O–H groups in total. The Morgan fingerprint density at radius 1 is 1.40 bits per heavy atom.